The van der Waals surface area contributed by atoms with Gasteiger partial charge in [-0.3, -0.25) is 19.9 Å². The number of imide groups is 1. The van der Waals surface area contributed by atoms with E-state index in [1.165, 1.54) is 24.3 Å². The van der Waals surface area contributed by atoms with Crippen LogP contribution in [0.3, 0.4) is 0 Å². The lowest BCUT2D eigenvalue weighted by Crippen LogP contribution is -2.34. The number of benzene rings is 2. The molecular formula is C23H18F2N2O5. The number of rotatable bonds is 7. The maximum atomic E-state index is 12.3. The van der Waals surface area contributed by atoms with E-state index in [2.05, 4.69) is 9.72 Å². The van der Waals surface area contributed by atoms with Crippen LogP contribution in [0.1, 0.15) is 26.4 Å². The zero-order valence-electron chi connectivity index (χ0n) is 16.9. The molecule has 0 radical (unpaired) electrons. The Balaban J connectivity index is 1.54. The van der Waals surface area contributed by atoms with Crippen LogP contribution in [0.15, 0.2) is 66.7 Å². The Kier molecular flexibility index (Phi) is 7.22. The van der Waals surface area contributed by atoms with Gasteiger partial charge in [0.25, 0.3) is 11.8 Å². The van der Waals surface area contributed by atoms with E-state index in [1.807, 2.05) is 35.6 Å². The summed E-state index contributed by atoms with van der Waals surface area (Å²) >= 11 is 0. The van der Waals surface area contributed by atoms with Crippen LogP contribution < -0.4 is 10.1 Å². The molecule has 1 aromatic heterocycles. The van der Waals surface area contributed by atoms with Crippen LogP contribution in [0.4, 0.5) is 8.78 Å². The SMILES string of the molecule is Cc1nc(-c2ccccc2)ccc1C(=O)OCC(=O)NC(=O)c1ccc(OC(F)F)cc1. The van der Waals surface area contributed by atoms with Crippen molar-refractivity contribution in [2.45, 2.75) is 13.5 Å². The van der Waals surface area contributed by atoms with Gasteiger partial charge in [-0.15, -0.1) is 0 Å². The molecule has 3 aromatic rings. The fraction of sp³-hybridized carbons (Fsp3) is 0.130. The zero-order valence-corrected chi connectivity index (χ0v) is 16.9. The van der Waals surface area contributed by atoms with E-state index < -0.39 is 31.0 Å². The molecule has 7 nitrogen and oxygen atoms in total. The minimum atomic E-state index is -2.99. The predicted octanol–water partition coefficient (Wildman–Crippen LogP) is 3.77. The summed E-state index contributed by atoms with van der Waals surface area (Å²) in [6, 6.07) is 17.4. The van der Waals surface area contributed by atoms with Crippen molar-refractivity contribution in [3.63, 3.8) is 0 Å². The Morgan fingerprint density at radius 1 is 0.969 bits per heavy atom. The smallest absolute Gasteiger partial charge is 0.387 e. The highest BCUT2D eigenvalue weighted by Gasteiger charge is 2.16. The first kappa shape index (κ1) is 22.5. The average Bonchev–Trinajstić information content (AvgIpc) is 2.78. The lowest BCUT2D eigenvalue weighted by molar-refractivity contribution is -0.123. The summed E-state index contributed by atoms with van der Waals surface area (Å²) in [5, 5.41) is 2.05. The molecule has 3 rings (SSSR count). The van der Waals surface area contributed by atoms with Crippen molar-refractivity contribution in [3.05, 3.63) is 83.6 Å². The van der Waals surface area contributed by atoms with E-state index >= 15 is 0 Å². The van der Waals surface area contributed by atoms with Gasteiger partial charge in [-0.25, -0.2) is 4.79 Å². The van der Waals surface area contributed by atoms with Gasteiger partial charge < -0.3 is 9.47 Å². The summed E-state index contributed by atoms with van der Waals surface area (Å²) in [6.45, 7) is -2.02. The number of nitrogens with zero attached hydrogens (tertiary/aromatic N) is 1. The van der Waals surface area contributed by atoms with Crippen molar-refractivity contribution in [1.29, 1.82) is 0 Å². The molecule has 0 aliphatic heterocycles. The Hall–Kier alpha value is -4.14. The first-order valence-corrected chi connectivity index (χ1v) is 9.42. The quantitative estimate of drug-likeness (QED) is 0.562. The minimum absolute atomic E-state index is 0.0443. The van der Waals surface area contributed by atoms with Crippen molar-refractivity contribution in [2.75, 3.05) is 6.61 Å². The van der Waals surface area contributed by atoms with Crippen LogP contribution in [-0.4, -0.2) is 36.0 Å². The Bertz CT molecular complexity index is 1120. The summed E-state index contributed by atoms with van der Waals surface area (Å²) in [7, 11) is 0. The molecule has 2 aromatic carbocycles. The minimum Gasteiger partial charge on any atom is -0.452 e. The van der Waals surface area contributed by atoms with Gasteiger partial charge in [0, 0.05) is 11.1 Å². The second kappa shape index (κ2) is 10.3. The molecule has 0 bridgehead atoms. The van der Waals surface area contributed by atoms with E-state index in [4.69, 9.17) is 4.74 Å². The van der Waals surface area contributed by atoms with E-state index in [0.717, 1.165) is 5.56 Å². The molecule has 0 saturated heterocycles. The fourth-order valence-corrected chi connectivity index (χ4v) is 2.78. The number of esters is 1. The van der Waals surface area contributed by atoms with Crippen LogP contribution in [0, 0.1) is 6.92 Å². The van der Waals surface area contributed by atoms with Crippen molar-refractivity contribution >= 4 is 17.8 Å². The number of hydrogen-bond acceptors (Lipinski definition) is 6. The highest BCUT2D eigenvalue weighted by Crippen LogP contribution is 2.19. The molecule has 2 amide bonds. The third-order valence-corrected chi connectivity index (χ3v) is 4.30. The van der Waals surface area contributed by atoms with E-state index in [-0.39, 0.29) is 16.9 Å². The molecule has 0 aliphatic carbocycles. The third kappa shape index (κ3) is 5.94. The molecule has 0 saturated carbocycles. The number of hydrogen-bond donors (Lipinski definition) is 1. The molecule has 1 heterocycles. The normalized spacial score (nSPS) is 10.5. The number of carbonyl (C=O) groups is 3. The predicted molar refractivity (Wildman–Crippen MR) is 110 cm³/mol. The Morgan fingerprint density at radius 3 is 2.28 bits per heavy atom. The molecule has 0 atom stereocenters. The van der Waals surface area contributed by atoms with Crippen molar-refractivity contribution in [1.82, 2.24) is 10.3 Å². The number of amides is 2. The van der Waals surface area contributed by atoms with Gasteiger partial charge in [-0.1, -0.05) is 30.3 Å². The third-order valence-electron chi connectivity index (χ3n) is 4.30. The van der Waals surface area contributed by atoms with Gasteiger partial charge in [0.15, 0.2) is 6.61 Å². The summed E-state index contributed by atoms with van der Waals surface area (Å²) < 4.78 is 33.5. The molecule has 32 heavy (non-hydrogen) atoms. The fourth-order valence-electron chi connectivity index (χ4n) is 2.78. The molecule has 0 unspecified atom stereocenters. The molecule has 0 aliphatic rings. The van der Waals surface area contributed by atoms with Crippen molar-refractivity contribution < 1.29 is 32.6 Å². The van der Waals surface area contributed by atoms with Gasteiger partial charge >= 0.3 is 12.6 Å². The second-order valence-corrected chi connectivity index (χ2v) is 6.55. The van der Waals surface area contributed by atoms with E-state index in [0.29, 0.717) is 11.4 Å². The maximum Gasteiger partial charge on any atom is 0.387 e. The van der Waals surface area contributed by atoms with Crippen LogP contribution in [-0.2, 0) is 9.53 Å². The Morgan fingerprint density at radius 2 is 1.66 bits per heavy atom. The maximum absolute atomic E-state index is 12.3. The first-order chi connectivity index (χ1) is 15.3. The Labute approximate surface area is 182 Å². The molecule has 9 heteroatoms. The molecule has 0 fully saturated rings. The largest absolute Gasteiger partial charge is 0.452 e. The number of halogens is 2. The summed E-state index contributed by atoms with van der Waals surface area (Å²) in [5.74, 6) is -2.51. The standard InChI is InChI=1S/C23H18F2N2O5/c1-14-18(11-12-19(26-14)15-5-3-2-4-6-15)22(30)31-13-20(28)27-21(29)16-7-9-17(10-8-16)32-23(24)25/h2-12,23H,13H2,1H3,(H,27,28,29). The number of aryl methyl sites for hydroxylation is 1. The average molecular weight is 440 g/mol. The number of nitrogens with one attached hydrogen (secondary N) is 1. The topological polar surface area (TPSA) is 94.6 Å². The molecule has 0 spiro atoms. The number of pyridine rings is 1. The van der Waals surface area contributed by atoms with E-state index in [9.17, 15) is 23.2 Å². The molecular weight excluding hydrogens is 422 g/mol. The number of ether oxygens (including phenoxy) is 2. The lowest BCUT2D eigenvalue weighted by atomic mass is 10.1. The van der Waals surface area contributed by atoms with Gasteiger partial charge in [0.1, 0.15) is 5.75 Å². The number of alkyl halides is 2. The first-order valence-electron chi connectivity index (χ1n) is 9.42. The van der Waals surface area contributed by atoms with Gasteiger partial charge in [0.2, 0.25) is 0 Å². The van der Waals surface area contributed by atoms with Crippen LogP contribution >= 0.6 is 0 Å². The van der Waals surface area contributed by atoms with Crippen LogP contribution in [0.5, 0.6) is 5.75 Å². The summed E-state index contributed by atoms with van der Waals surface area (Å²) in [4.78, 5) is 40.7. The van der Waals surface area contributed by atoms with Gasteiger partial charge in [0.05, 0.1) is 17.0 Å². The summed E-state index contributed by atoms with van der Waals surface area (Å²) in [6.07, 6.45) is 0. The van der Waals surface area contributed by atoms with Crippen LogP contribution in [0.25, 0.3) is 11.3 Å². The summed E-state index contributed by atoms with van der Waals surface area (Å²) in [5.41, 5.74) is 2.25. The van der Waals surface area contributed by atoms with Gasteiger partial charge in [-0.2, -0.15) is 8.78 Å². The second-order valence-electron chi connectivity index (χ2n) is 6.55. The van der Waals surface area contributed by atoms with E-state index in [1.54, 1.807) is 19.1 Å². The zero-order chi connectivity index (χ0) is 23.1. The lowest BCUT2D eigenvalue weighted by Gasteiger charge is -2.09. The van der Waals surface area contributed by atoms with Gasteiger partial charge in [-0.05, 0) is 43.3 Å². The number of carbonyl (C=O) groups excluding carboxylic acids is 3. The van der Waals surface area contributed by atoms with Crippen molar-refractivity contribution in [3.8, 4) is 17.0 Å². The molecule has 1 N–H and O–H groups in total. The van der Waals surface area contributed by atoms with Crippen molar-refractivity contribution in [2.24, 2.45) is 0 Å². The highest BCUT2D eigenvalue weighted by atomic mass is 19.3. The monoisotopic (exact) mass is 440 g/mol. The highest BCUT2D eigenvalue weighted by molar-refractivity contribution is 6.05. The molecule has 164 valence electrons. The number of aromatic nitrogens is 1. The van der Waals surface area contributed by atoms with Crippen LogP contribution in [0.2, 0.25) is 0 Å².